The van der Waals surface area contributed by atoms with Gasteiger partial charge in [0.2, 0.25) is 11.8 Å². The summed E-state index contributed by atoms with van der Waals surface area (Å²) < 4.78 is 1.71. The average Bonchev–Trinajstić information content (AvgIpc) is 3.16. The third kappa shape index (κ3) is 4.37. The second kappa shape index (κ2) is 8.64. The number of nitrogens with zero attached hydrogens (tertiary/aromatic N) is 2. The molecule has 2 aromatic rings. The van der Waals surface area contributed by atoms with Gasteiger partial charge in [-0.2, -0.15) is 5.10 Å². The van der Waals surface area contributed by atoms with Gasteiger partial charge >= 0.3 is 0 Å². The fraction of sp³-hybridized carbons (Fsp3) is 0.353. The maximum absolute atomic E-state index is 12.8. The summed E-state index contributed by atoms with van der Waals surface area (Å²) in [6.07, 6.45) is 4.75. The number of anilines is 1. The molecule has 0 radical (unpaired) electrons. The van der Waals surface area contributed by atoms with Gasteiger partial charge in [-0.25, -0.2) is 0 Å². The normalized spacial score (nSPS) is 15.7. The second-order valence-corrected chi connectivity index (χ2v) is 5.83. The third-order valence-electron chi connectivity index (χ3n) is 4.26. The smallest absolute Gasteiger partial charge is 0.248 e. The van der Waals surface area contributed by atoms with Crippen LogP contribution in [0.25, 0.3) is 0 Å². The standard InChI is InChI=1S/C17H21N5O2.ClH/c23-15(21-14-5-2-1-3-6-14)13-19-16(24)17(7-10-18-11-8-17)22-12-4-9-20-22;/h1-6,9,12,18H,7-8,10-11,13H2,(H,19,24)(H,21,23);1H. The quantitative estimate of drug-likeness (QED) is 0.743. The van der Waals surface area contributed by atoms with Gasteiger partial charge in [-0.15, -0.1) is 12.4 Å². The van der Waals surface area contributed by atoms with Crippen LogP contribution in [-0.4, -0.2) is 41.2 Å². The highest BCUT2D eigenvalue weighted by molar-refractivity contribution is 5.95. The van der Waals surface area contributed by atoms with Crippen LogP contribution >= 0.6 is 12.4 Å². The van der Waals surface area contributed by atoms with Crippen molar-refractivity contribution in [2.75, 3.05) is 25.0 Å². The summed E-state index contributed by atoms with van der Waals surface area (Å²) in [4.78, 5) is 24.8. The molecule has 2 amide bonds. The lowest BCUT2D eigenvalue weighted by atomic mass is 9.87. The van der Waals surface area contributed by atoms with Crippen LogP contribution < -0.4 is 16.0 Å². The molecule has 2 heterocycles. The minimum absolute atomic E-state index is 0. The Bertz CT molecular complexity index is 684. The highest BCUT2D eigenvalue weighted by Crippen LogP contribution is 2.27. The van der Waals surface area contributed by atoms with Gasteiger partial charge in [0.25, 0.3) is 0 Å². The number of halogens is 1. The van der Waals surface area contributed by atoms with E-state index in [0.717, 1.165) is 13.1 Å². The van der Waals surface area contributed by atoms with E-state index in [4.69, 9.17) is 0 Å². The Morgan fingerprint density at radius 3 is 2.52 bits per heavy atom. The number of para-hydroxylation sites is 1. The number of carbonyl (C=O) groups is 2. The molecule has 0 aliphatic carbocycles. The summed E-state index contributed by atoms with van der Waals surface area (Å²) in [6.45, 7) is 1.41. The molecule has 3 N–H and O–H groups in total. The number of hydrogen-bond acceptors (Lipinski definition) is 4. The van der Waals surface area contributed by atoms with Crippen LogP contribution in [0.5, 0.6) is 0 Å². The lowest BCUT2D eigenvalue weighted by molar-refractivity contribution is -0.133. The van der Waals surface area contributed by atoms with Crippen LogP contribution in [0.1, 0.15) is 12.8 Å². The minimum Gasteiger partial charge on any atom is -0.345 e. The fourth-order valence-electron chi connectivity index (χ4n) is 2.97. The molecule has 1 saturated heterocycles. The van der Waals surface area contributed by atoms with E-state index in [-0.39, 0.29) is 30.8 Å². The van der Waals surface area contributed by atoms with Crippen molar-refractivity contribution in [1.82, 2.24) is 20.4 Å². The first kappa shape index (κ1) is 19.0. The lowest BCUT2D eigenvalue weighted by Gasteiger charge is -2.36. The van der Waals surface area contributed by atoms with E-state index in [1.165, 1.54) is 0 Å². The number of aromatic nitrogens is 2. The van der Waals surface area contributed by atoms with E-state index in [9.17, 15) is 9.59 Å². The molecule has 134 valence electrons. The Kier molecular flexibility index (Phi) is 6.55. The number of rotatable bonds is 5. The number of amides is 2. The van der Waals surface area contributed by atoms with Crippen LogP contribution in [-0.2, 0) is 15.1 Å². The van der Waals surface area contributed by atoms with Gasteiger partial charge in [0.15, 0.2) is 0 Å². The zero-order chi connectivity index (χ0) is 16.8. The molecule has 7 nitrogen and oxygen atoms in total. The van der Waals surface area contributed by atoms with Crippen molar-refractivity contribution in [3.05, 3.63) is 48.8 Å². The Labute approximate surface area is 152 Å². The summed E-state index contributed by atoms with van der Waals surface area (Å²) in [7, 11) is 0. The minimum atomic E-state index is -0.734. The molecule has 0 spiro atoms. The van der Waals surface area contributed by atoms with Gasteiger partial charge in [0.1, 0.15) is 5.54 Å². The van der Waals surface area contributed by atoms with Crippen molar-refractivity contribution >= 4 is 29.9 Å². The largest absolute Gasteiger partial charge is 0.345 e. The van der Waals surface area contributed by atoms with Gasteiger partial charge in [0, 0.05) is 18.1 Å². The molecule has 3 rings (SSSR count). The summed E-state index contributed by atoms with van der Waals surface area (Å²) in [6, 6.07) is 11.0. The van der Waals surface area contributed by atoms with Gasteiger partial charge < -0.3 is 16.0 Å². The van der Waals surface area contributed by atoms with Crippen LogP contribution in [0.3, 0.4) is 0 Å². The van der Waals surface area contributed by atoms with Crippen LogP contribution in [0.4, 0.5) is 5.69 Å². The molecule has 1 fully saturated rings. The maximum atomic E-state index is 12.8. The van der Waals surface area contributed by atoms with Crippen molar-refractivity contribution in [3.8, 4) is 0 Å². The zero-order valence-electron chi connectivity index (χ0n) is 13.8. The van der Waals surface area contributed by atoms with Crippen LogP contribution in [0, 0.1) is 0 Å². The molecule has 1 aromatic carbocycles. The van der Waals surface area contributed by atoms with Crippen molar-refractivity contribution in [2.45, 2.75) is 18.4 Å². The summed E-state index contributed by atoms with van der Waals surface area (Å²) >= 11 is 0. The molecule has 0 bridgehead atoms. The number of hydrogen-bond donors (Lipinski definition) is 3. The maximum Gasteiger partial charge on any atom is 0.248 e. The van der Waals surface area contributed by atoms with E-state index in [0.29, 0.717) is 18.5 Å². The summed E-state index contributed by atoms with van der Waals surface area (Å²) in [5.41, 5.74) is -0.0256. The lowest BCUT2D eigenvalue weighted by Crippen LogP contribution is -2.55. The average molecular weight is 364 g/mol. The molecular formula is C17H22ClN5O2. The molecule has 1 aliphatic rings. The molecule has 1 aromatic heterocycles. The Morgan fingerprint density at radius 1 is 1.16 bits per heavy atom. The Morgan fingerprint density at radius 2 is 1.88 bits per heavy atom. The molecule has 25 heavy (non-hydrogen) atoms. The zero-order valence-corrected chi connectivity index (χ0v) is 14.6. The predicted molar refractivity (Wildman–Crippen MR) is 97.6 cm³/mol. The van der Waals surface area contributed by atoms with Gasteiger partial charge in [-0.3, -0.25) is 14.3 Å². The number of piperidine rings is 1. The second-order valence-electron chi connectivity index (χ2n) is 5.83. The highest BCUT2D eigenvalue weighted by Gasteiger charge is 2.41. The van der Waals surface area contributed by atoms with E-state index in [1.54, 1.807) is 35.3 Å². The number of benzene rings is 1. The molecule has 0 saturated carbocycles. The third-order valence-corrected chi connectivity index (χ3v) is 4.26. The monoisotopic (exact) mass is 363 g/mol. The Hall–Kier alpha value is -2.38. The fourth-order valence-corrected chi connectivity index (χ4v) is 2.97. The van der Waals surface area contributed by atoms with E-state index < -0.39 is 5.54 Å². The molecule has 0 unspecified atom stereocenters. The molecule has 0 atom stereocenters. The number of nitrogens with one attached hydrogen (secondary N) is 3. The van der Waals surface area contributed by atoms with E-state index in [1.807, 2.05) is 18.2 Å². The van der Waals surface area contributed by atoms with Crippen molar-refractivity contribution < 1.29 is 9.59 Å². The first-order chi connectivity index (χ1) is 11.7. The topological polar surface area (TPSA) is 88.0 Å². The van der Waals surface area contributed by atoms with Gasteiger partial charge in [0.05, 0.1) is 6.54 Å². The highest BCUT2D eigenvalue weighted by atomic mass is 35.5. The Balaban J connectivity index is 0.00000225. The van der Waals surface area contributed by atoms with Gasteiger partial charge in [-0.05, 0) is 44.1 Å². The molecular weight excluding hydrogens is 342 g/mol. The van der Waals surface area contributed by atoms with Crippen molar-refractivity contribution in [2.24, 2.45) is 0 Å². The van der Waals surface area contributed by atoms with Crippen molar-refractivity contribution in [3.63, 3.8) is 0 Å². The van der Waals surface area contributed by atoms with Crippen LogP contribution in [0.2, 0.25) is 0 Å². The SMILES string of the molecule is Cl.O=C(CNC(=O)C1(n2cccn2)CCNCC1)Nc1ccccc1. The first-order valence-corrected chi connectivity index (χ1v) is 8.05. The summed E-state index contributed by atoms with van der Waals surface area (Å²) in [5, 5.41) is 13.0. The van der Waals surface area contributed by atoms with Crippen molar-refractivity contribution in [1.29, 1.82) is 0 Å². The molecule has 8 heteroatoms. The summed E-state index contributed by atoms with van der Waals surface area (Å²) in [5.74, 6) is -0.421. The van der Waals surface area contributed by atoms with E-state index in [2.05, 4.69) is 21.0 Å². The number of carbonyl (C=O) groups excluding carboxylic acids is 2. The van der Waals surface area contributed by atoms with Crippen LogP contribution in [0.15, 0.2) is 48.8 Å². The van der Waals surface area contributed by atoms with Gasteiger partial charge in [-0.1, -0.05) is 18.2 Å². The van der Waals surface area contributed by atoms with E-state index >= 15 is 0 Å². The molecule has 1 aliphatic heterocycles. The predicted octanol–water partition coefficient (Wildman–Crippen LogP) is 1.14. The first-order valence-electron chi connectivity index (χ1n) is 8.05.